The largest absolute Gasteiger partial charge is 0.397 e. The Morgan fingerprint density at radius 3 is 2.56 bits per heavy atom. The van der Waals surface area contributed by atoms with E-state index >= 15 is 0 Å². The molecule has 1 aromatic carbocycles. The molecular formula is C16H9Cl3F2N2OS. The van der Waals surface area contributed by atoms with Gasteiger partial charge in [-0.2, -0.15) is 8.78 Å². The number of rotatable bonds is 3. The van der Waals surface area contributed by atoms with E-state index in [0.29, 0.717) is 16.0 Å². The summed E-state index contributed by atoms with van der Waals surface area (Å²) in [6.07, 6.45) is 0. The van der Waals surface area contributed by atoms with E-state index in [1.165, 1.54) is 18.2 Å². The van der Waals surface area contributed by atoms with Gasteiger partial charge in [0.05, 0.1) is 10.7 Å². The number of benzene rings is 1. The van der Waals surface area contributed by atoms with Crippen molar-refractivity contribution in [2.45, 2.75) is 12.3 Å². The fourth-order valence-electron chi connectivity index (χ4n) is 2.42. The van der Waals surface area contributed by atoms with Crippen molar-refractivity contribution < 1.29 is 13.6 Å². The van der Waals surface area contributed by atoms with Crippen LogP contribution >= 0.6 is 46.1 Å². The van der Waals surface area contributed by atoms with E-state index in [0.717, 1.165) is 17.4 Å². The minimum absolute atomic E-state index is 0.171. The number of pyridine rings is 1. The molecule has 0 amide bonds. The molecule has 9 heteroatoms. The maximum Gasteiger partial charge on any atom is 0.364 e. The molecule has 2 aromatic heterocycles. The zero-order valence-electron chi connectivity index (χ0n) is 12.5. The number of anilines is 1. The molecule has 2 N–H and O–H groups in total. The number of thiophene rings is 1. The number of aromatic nitrogens is 1. The third-order valence-corrected chi connectivity index (χ3v) is 5.41. The molecule has 3 aromatic rings. The molecule has 0 aliphatic heterocycles. The standard InChI is InChI=1S/C16H9Cl3F2N2OS/c1-6-4-10(16(19,20)21)23-15-11(6)12(22)14(25-15)13(24)8-3-2-7(17)5-9(8)18/h2-5H,22H2,1H3. The van der Waals surface area contributed by atoms with Crippen LogP contribution in [0, 0.1) is 6.92 Å². The number of hydrogen-bond acceptors (Lipinski definition) is 4. The number of nitrogens with two attached hydrogens (primary N) is 1. The van der Waals surface area contributed by atoms with Crippen LogP contribution in [0.1, 0.15) is 26.5 Å². The van der Waals surface area contributed by atoms with E-state index in [1.807, 2.05) is 0 Å². The zero-order valence-corrected chi connectivity index (χ0v) is 15.6. The number of carbonyl (C=O) groups excluding carboxylic acids is 1. The molecule has 3 rings (SSSR count). The van der Waals surface area contributed by atoms with E-state index in [9.17, 15) is 13.6 Å². The summed E-state index contributed by atoms with van der Waals surface area (Å²) in [5.74, 6) is -0.430. The van der Waals surface area contributed by atoms with Crippen LogP contribution in [-0.2, 0) is 5.38 Å². The van der Waals surface area contributed by atoms with Crippen molar-refractivity contribution in [1.29, 1.82) is 0 Å². The SMILES string of the molecule is Cc1cc(C(F)(F)Cl)nc2sc(C(=O)c3ccc(Cl)cc3Cl)c(N)c12. The van der Waals surface area contributed by atoms with Crippen LogP contribution in [-0.4, -0.2) is 10.8 Å². The Balaban J connectivity index is 2.19. The first kappa shape index (κ1) is 18.3. The first-order valence-corrected chi connectivity index (χ1v) is 8.81. The van der Waals surface area contributed by atoms with Crippen molar-refractivity contribution in [2.75, 3.05) is 5.73 Å². The predicted octanol–water partition coefficient (Wildman–Crippen LogP) is 6.01. The normalized spacial score (nSPS) is 11.9. The van der Waals surface area contributed by atoms with Crippen LogP contribution in [0.2, 0.25) is 10.0 Å². The van der Waals surface area contributed by atoms with E-state index in [2.05, 4.69) is 4.98 Å². The molecule has 2 heterocycles. The topological polar surface area (TPSA) is 56.0 Å². The summed E-state index contributed by atoms with van der Waals surface area (Å²) in [5, 5.41) is -2.60. The summed E-state index contributed by atoms with van der Waals surface area (Å²) in [7, 11) is 0. The molecule has 0 aliphatic carbocycles. The Morgan fingerprint density at radius 2 is 1.96 bits per heavy atom. The summed E-state index contributed by atoms with van der Waals surface area (Å²) in [6, 6.07) is 5.60. The predicted molar refractivity (Wildman–Crippen MR) is 98.4 cm³/mol. The Labute approximate surface area is 160 Å². The first-order valence-electron chi connectivity index (χ1n) is 6.86. The van der Waals surface area contributed by atoms with E-state index in [-0.39, 0.29) is 26.0 Å². The number of hydrogen-bond donors (Lipinski definition) is 1. The number of aryl methyl sites for hydroxylation is 1. The monoisotopic (exact) mass is 420 g/mol. The minimum atomic E-state index is -3.61. The summed E-state index contributed by atoms with van der Waals surface area (Å²) in [4.78, 5) is 17.0. The van der Waals surface area contributed by atoms with E-state index in [4.69, 9.17) is 40.5 Å². The first-order chi connectivity index (χ1) is 11.6. The minimum Gasteiger partial charge on any atom is -0.397 e. The quantitative estimate of drug-likeness (QED) is 0.416. The second-order valence-corrected chi connectivity index (χ2v) is 7.62. The Kier molecular flexibility index (Phi) is 4.66. The Bertz CT molecular complexity index is 1010. The average molecular weight is 422 g/mol. The van der Waals surface area contributed by atoms with Gasteiger partial charge in [0.1, 0.15) is 15.4 Å². The van der Waals surface area contributed by atoms with Crippen LogP contribution in [0.25, 0.3) is 10.2 Å². The van der Waals surface area contributed by atoms with Crippen molar-refractivity contribution in [3.05, 3.63) is 56.0 Å². The van der Waals surface area contributed by atoms with Crippen LogP contribution in [0.15, 0.2) is 24.3 Å². The molecule has 0 atom stereocenters. The van der Waals surface area contributed by atoms with E-state index in [1.54, 1.807) is 6.92 Å². The third-order valence-electron chi connectivity index (χ3n) is 3.57. The van der Waals surface area contributed by atoms with Gasteiger partial charge in [-0.1, -0.05) is 23.2 Å². The zero-order chi connectivity index (χ0) is 18.5. The van der Waals surface area contributed by atoms with Crippen molar-refractivity contribution in [2.24, 2.45) is 0 Å². The summed E-state index contributed by atoms with van der Waals surface area (Å²) in [6.45, 7) is 1.60. The lowest BCUT2D eigenvalue weighted by molar-refractivity contribution is 0.0903. The molecule has 0 bridgehead atoms. The van der Waals surface area contributed by atoms with Gasteiger partial charge in [-0.05, 0) is 48.4 Å². The fourth-order valence-corrected chi connectivity index (χ4v) is 4.14. The molecule has 3 nitrogen and oxygen atoms in total. The van der Waals surface area contributed by atoms with Gasteiger partial charge in [-0.25, -0.2) is 4.98 Å². The highest BCUT2D eigenvalue weighted by molar-refractivity contribution is 7.21. The number of carbonyl (C=O) groups is 1. The van der Waals surface area contributed by atoms with Crippen molar-refractivity contribution >= 4 is 67.8 Å². The molecule has 0 saturated carbocycles. The molecule has 0 fully saturated rings. The number of alkyl halides is 3. The van der Waals surface area contributed by atoms with Gasteiger partial charge < -0.3 is 5.73 Å². The summed E-state index contributed by atoms with van der Waals surface area (Å²) >= 11 is 17.9. The number of fused-ring (bicyclic) bond motifs is 1. The van der Waals surface area contributed by atoms with Crippen molar-refractivity contribution in [1.82, 2.24) is 4.98 Å². The third kappa shape index (κ3) is 3.31. The van der Waals surface area contributed by atoms with Crippen molar-refractivity contribution in [3.63, 3.8) is 0 Å². The lowest BCUT2D eigenvalue weighted by Crippen LogP contribution is -2.06. The van der Waals surface area contributed by atoms with Gasteiger partial charge in [0.2, 0.25) is 5.78 Å². The maximum atomic E-state index is 13.4. The molecule has 0 spiro atoms. The molecular weight excluding hydrogens is 413 g/mol. The average Bonchev–Trinajstić information content (AvgIpc) is 2.83. The lowest BCUT2D eigenvalue weighted by Gasteiger charge is -2.08. The van der Waals surface area contributed by atoms with E-state index < -0.39 is 16.9 Å². The highest BCUT2D eigenvalue weighted by Crippen LogP contribution is 2.40. The Morgan fingerprint density at radius 1 is 1.28 bits per heavy atom. The van der Waals surface area contributed by atoms with Gasteiger partial charge in [0, 0.05) is 16.0 Å². The highest BCUT2D eigenvalue weighted by atomic mass is 35.5. The second kappa shape index (κ2) is 6.36. The second-order valence-electron chi connectivity index (χ2n) is 5.30. The number of ketones is 1. The molecule has 130 valence electrons. The molecule has 0 radical (unpaired) electrons. The van der Waals surface area contributed by atoms with Crippen LogP contribution in [0.5, 0.6) is 0 Å². The fraction of sp³-hybridized carbons (Fsp3) is 0.125. The van der Waals surface area contributed by atoms with Gasteiger partial charge in [0.25, 0.3) is 0 Å². The smallest absolute Gasteiger partial charge is 0.364 e. The number of nitrogen functional groups attached to an aromatic ring is 1. The van der Waals surface area contributed by atoms with Crippen molar-refractivity contribution in [3.8, 4) is 0 Å². The van der Waals surface area contributed by atoms with Gasteiger partial charge in [-0.3, -0.25) is 4.79 Å². The molecule has 25 heavy (non-hydrogen) atoms. The van der Waals surface area contributed by atoms with Gasteiger partial charge in [0.15, 0.2) is 0 Å². The lowest BCUT2D eigenvalue weighted by atomic mass is 10.1. The number of nitrogens with zero attached hydrogens (tertiary/aromatic N) is 1. The van der Waals surface area contributed by atoms with Crippen LogP contribution < -0.4 is 5.73 Å². The maximum absolute atomic E-state index is 13.4. The molecule has 0 aliphatic rings. The Hall–Kier alpha value is -1.47. The van der Waals surface area contributed by atoms with Crippen LogP contribution in [0.4, 0.5) is 14.5 Å². The summed E-state index contributed by atoms with van der Waals surface area (Å²) in [5.41, 5.74) is 6.32. The highest BCUT2D eigenvalue weighted by Gasteiger charge is 2.32. The number of halogens is 5. The summed E-state index contributed by atoms with van der Waals surface area (Å²) < 4.78 is 26.7. The molecule has 0 saturated heterocycles. The van der Waals surface area contributed by atoms with Crippen LogP contribution in [0.3, 0.4) is 0 Å². The van der Waals surface area contributed by atoms with Gasteiger partial charge >= 0.3 is 5.38 Å². The molecule has 0 unspecified atom stereocenters. The van der Waals surface area contributed by atoms with Gasteiger partial charge in [-0.15, -0.1) is 11.3 Å².